The Bertz CT molecular complexity index is 850. The predicted molar refractivity (Wildman–Crippen MR) is 126 cm³/mol. The standard InChI is InChI=1S/C26H36O3Si/c1-8-14-22-18-13-20-26(24(27)28-5,19-12-17-21-15-10-9-11-16-21)23(22)29-30(6,7)25(2,3)4/h8-11,15-16H,1,13-14,18-20H2,2-7H3. The van der Waals surface area contributed by atoms with Gasteiger partial charge in [0.15, 0.2) is 0 Å². The van der Waals surface area contributed by atoms with Crippen molar-refractivity contribution in [3.63, 3.8) is 0 Å². The topological polar surface area (TPSA) is 35.5 Å². The van der Waals surface area contributed by atoms with Gasteiger partial charge in [0.2, 0.25) is 8.32 Å². The molecule has 0 N–H and O–H groups in total. The molecular weight excluding hydrogens is 388 g/mol. The van der Waals surface area contributed by atoms with E-state index >= 15 is 0 Å². The van der Waals surface area contributed by atoms with Gasteiger partial charge in [0, 0.05) is 12.0 Å². The van der Waals surface area contributed by atoms with Crippen molar-refractivity contribution < 1.29 is 14.0 Å². The lowest BCUT2D eigenvalue weighted by Crippen LogP contribution is -2.46. The maximum absolute atomic E-state index is 13.2. The molecule has 1 unspecified atom stereocenters. The molecule has 1 aliphatic rings. The van der Waals surface area contributed by atoms with Crippen molar-refractivity contribution in [3.05, 3.63) is 59.9 Å². The minimum Gasteiger partial charge on any atom is -0.546 e. The van der Waals surface area contributed by atoms with Gasteiger partial charge in [-0.25, -0.2) is 0 Å². The zero-order valence-electron chi connectivity index (χ0n) is 19.4. The maximum atomic E-state index is 13.2. The van der Waals surface area contributed by atoms with E-state index in [-0.39, 0.29) is 11.0 Å². The Kier molecular flexibility index (Phi) is 7.77. The number of hydrogen-bond donors (Lipinski definition) is 0. The largest absolute Gasteiger partial charge is 0.546 e. The molecule has 0 spiro atoms. The molecule has 0 amide bonds. The van der Waals surface area contributed by atoms with Crippen LogP contribution in [0, 0.1) is 17.3 Å². The second kappa shape index (κ2) is 9.70. The minimum atomic E-state index is -2.16. The van der Waals surface area contributed by atoms with Crippen molar-refractivity contribution in [2.45, 2.75) is 71.0 Å². The fourth-order valence-corrected chi connectivity index (χ4v) is 4.72. The van der Waals surface area contributed by atoms with E-state index in [9.17, 15) is 4.79 Å². The third kappa shape index (κ3) is 5.26. The molecule has 1 aliphatic carbocycles. The van der Waals surface area contributed by atoms with E-state index in [4.69, 9.17) is 9.16 Å². The van der Waals surface area contributed by atoms with Crippen LogP contribution in [0.5, 0.6) is 0 Å². The van der Waals surface area contributed by atoms with Gasteiger partial charge in [-0.2, -0.15) is 0 Å². The molecule has 30 heavy (non-hydrogen) atoms. The normalized spacial score (nSPS) is 19.5. The number of rotatable bonds is 6. The van der Waals surface area contributed by atoms with Gasteiger partial charge in [0.25, 0.3) is 0 Å². The molecular formula is C26H36O3Si. The minimum absolute atomic E-state index is 0.0221. The Morgan fingerprint density at radius 1 is 1.27 bits per heavy atom. The van der Waals surface area contributed by atoms with E-state index in [1.165, 1.54) is 7.11 Å². The van der Waals surface area contributed by atoms with E-state index in [2.05, 4.69) is 52.3 Å². The Labute approximate surface area is 183 Å². The van der Waals surface area contributed by atoms with Crippen molar-refractivity contribution in [1.29, 1.82) is 0 Å². The molecule has 0 fully saturated rings. The van der Waals surface area contributed by atoms with Gasteiger partial charge in [-0.3, -0.25) is 4.79 Å². The molecule has 1 aromatic carbocycles. The lowest BCUT2D eigenvalue weighted by atomic mass is 9.71. The molecule has 0 aliphatic heterocycles. The van der Waals surface area contributed by atoms with E-state index < -0.39 is 13.7 Å². The fraction of sp³-hybridized carbons (Fsp3) is 0.500. The van der Waals surface area contributed by atoms with Crippen molar-refractivity contribution in [2.75, 3.05) is 7.11 Å². The first-order valence-corrected chi connectivity index (χ1v) is 13.6. The van der Waals surface area contributed by atoms with Crippen LogP contribution in [0.4, 0.5) is 0 Å². The highest BCUT2D eigenvalue weighted by Gasteiger charge is 2.50. The molecule has 2 rings (SSSR count). The summed E-state index contributed by atoms with van der Waals surface area (Å²) in [4.78, 5) is 13.2. The highest BCUT2D eigenvalue weighted by atomic mass is 28.4. The number of esters is 1. The summed E-state index contributed by atoms with van der Waals surface area (Å²) in [5, 5.41) is 0.0221. The van der Waals surface area contributed by atoms with Gasteiger partial charge in [0.05, 0.1) is 12.9 Å². The van der Waals surface area contributed by atoms with Gasteiger partial charge < -0.3 is 9.16 Å². The van der Waals surface area contributed by atoms with Crippen LogP contribution in [-0.4, -0.2) is 21.4 Å². The Morgan fingerprint density at radius 3 is 2.50 bits per heavy atom. The van der Waals surface area contributed by atoms with E-state index in [0.29, 0.717) is 12.8 Å². The fourth-order valence-electron chi connectivity index (χ4n) is 3.57. The van der Waals surface area contributed by atoms with Gasteiger partial charge in [-0.1, -0.05) is 56.9 Å². The summed E-state index contributed by atoms with van der Waals surface area (Å²) >= 11 is 0. The molecule has 1 aromatic rings. The number of ether oxygens (including phenoxy) is 1. The monoisotopic (exact) mass is 424 g/mol. The van der Waals surface area contributed by atoms with Crippen LogP contribution in [-0.2, 0) is 14.0 Å². The lowest BCUT2D eigenvalue weighted by molar-refractivity contribution is -0.152. The van der Waals surface area contributed by atoms with Crippen molar-refractivity contribution in [2.24, 2.45) is 5.41 Å². The van der Waals surface area contributed by atoms with Crippen molar-refractivity contribution in [3.8, 4) is 11.8 Å². The van der Waals surface area contributed by atoms with E-state index in [0.717, 1.165) is 36.2 Å². The molecule has 162 valence electrons. The summed E-state index contributed by atoms with van der Waals surface area (Å²) in [6.45, 7) is 15.0. The third-order valence-corrected chi connectivity index (χ3v) is 10.7. The summed E-state index contributed by atoms with van der Waals surface area (Å²) in [7, 11) is -0.703. The summed E-state index contributed by atoms with van der Waals surface area (Å²) in [5.41, 5.74) is 1.24. The first-order valence-electron chi connectivity index (χ1n) is 10.7. The highest BCUT2D eigenvalue weighted by molar-refractivity contribution is 6.74. The number of benzene rings is 1. The second-order valence-electron chi connectivity index (χ2n) is 9.56. The zero-order chi connectivity index (χ0) is 22.4. The molecule has 4 heteroatoms. The highest BCUT2D eigenvalue weighted by Crippen LogP contribution is 2.49. The quantitative estimate of drug-likeness (QED) is 0.223. The average molecular weight is 425 g/mol. The van der Waals surface area contributed by atoms with Crippen LogP contribution >= 0.6 is 0 Å². The van der Waals surface area contributed by atoms with Gasteiger partial charge >= 0.3 is 5.97 Å². The van der Waals surface area contributed by atoms with Crippen LogP contribution in [0.3, 0.4) is 0 Å². The van der Waals surface area contributed by atoms with Crippen LogP contribution in [0.25, 0.3) is 0 Å². The van der Waals surface area contributed by atoms with Gasteiger partial charge in [-0.15, -0.1) is 6.58 Å². The molecule has 3 nitrogen and oxygen atoms in total. The first kappa shape index (κ1) is 24.0. The summed E-state index contributed by atoms with van der Waals surface area (Å²) < 4.78 is 12.2. The van der Waals surface area contributed by atoms with Crippen molar-refractivity contribution in [1.82, 2.24) is 0 Å². The van der Waals surface area contributed by atoms with E-state index in [1.54, 1.807) is 0 Å². The van der Waals surface area contributed by atoms with Crippen LogP contribution in [0.15, 0.2) is 54.3 Å². The smallest absolute Gasteiger partial charge is 0.320 e. The van der Waals surface area contributed by atoms with Crippen molar-refractivity contribution >= 4 is 14.3 Å². The molecule has 0 aromatic heterocycles. The second-order valence-corrected chi connectivity index (χ2v) is 14.3. The summed E-state index contributed by atoms with van der Waals surface area (Å²) in [5.74, 6) is 7.03. The number of methoxy groups -OCH3 is 1. The number of carbonyl (C=O) groups is 1. The molecule has 1 atom stereocenters. The van der Waals surface area contributed by atoms with Crippen LogP contribution < -0.4 is 0 Å². The summed E-state index contributed by atoms with van der Waals surface area (Å²) in [6.07, 6.45) is 5.52. The van der Waals surface area contributed by atoms with E-state index in [1.807, 2.05) is 36.4 Å². The van der Waals surface area contributed by atoms with Crippen LogP contribution in [0.2, 0.25) is 18.1 Å². The number of hydrogen-bond acceptors (Lipinski definition) is 3. The lowest BCUT2D eigenvalue weighted by Gasteiger charge is -2.44. The Balaban J connectivity index is 2.56. The van der Waals surface area contributed by atoms with Gasteiger partial charge in [0.1, 0.15) is 5.41 Å². The van der Waals surface area contributed by atoms with Crippen LogP contribution in [0.1, 0.15) is 58.4 Å². The first-order chi connectivity index (χ1) is 14.1. The van der Waals surface area contributed by atoms with Gasteiger partial charge in [-0.05, 0) is 61.5 Å². The molecule has 0 saturated carbocycles. The molecule has 0 heterocycles. The molecule has 0 bridgehead atoms. The molecule has 0 saturated heterocycles. The maximum Gasteiger partial charge on any atom is 0.320 e. The number of carbonyl (C=O) groups excluding carboxylic acids is 1. The molecule has 0 radical (unpaired) electrons. The zero-order valence-corrected chi connectivity index (χ0v) is 20.4. The summed E-state index contributed by atoms with van der Waals surface area (Å²) in [6, 6.07) is 9.86. The Hall–Kier alpha value is -2.25. The average Bonchev–Trinajstić information content (AvgIpc) is 2.69. The predicted octanol–water partition coefficient (Wildman–Crippen LogP) is 6.62. The third-order valence-electron chi connectivity index (χ3n) is 6.36. The SMILES string of the molecule is C=CCC1=C(O[Si](C)(C)C(C)(C)C)C(CC#Cc2ccccc2)(C(=O)OC)CCC1. The number of allylic oxidation sites excluding steroid dienone is 2. The Morgan fingerprint density at radius 2 is 1.93 bits per heavy atom.